The van der Waals surface area contributed by atoms with Gasteiger partial charge in [0.15, 0.2) is 5.69 Å². The zero-order valence-corrected chi connectivity index (χ0v) is 22.4. The van der Waals surface area contributed by atoms with Crippen molar-refractivity contribution >= 4 is 11.9 Å². The molecule has 5 rings (SSSR count). The third-order valence-electron chi connectivity index (χ3n) is 5.26. The molecule has 0 bridgehead atoms. The molecule has 5 nitrogen and oxygen atoms in total. The van der Waals surface area contributed by atoms with E-state index < -0.39 is 0 Å². The van der Waals surface area contributed by atoms with Crippen LogP contribution in [0.3, 0.4) is 0 Å². The monoisotopic (exact) mass is 660 g/mol. The number of hydrogen-bond acceptors (Lipinski definition) is 4. The van der Waals surface area contributed by atoms with E-state index in [-0.39, 0.29) is 25.9 Å². The predicted molar refractivity (Wildman–Crippen MR) is 145 cm³/mol. The van der Waals surface area contributed by atoms with E-state index in [0.29, 0.717) is 5.69 Å². The van der Waals surface area contributed by atoms with Gasteiger partial charge in [0.05, 0.1) is 18.0 Å². The quantitative estimate of drug-likeness (QED) is 0.163. The number of aromatic nitrogens is 2. The molecule has 37 heavy (non-hydrogen) atoms. The fourth-order valence-electron chi connectivity index (χ4n) is 3.53. The fraction of sp³-hybridized carbons (Fsp3) is 0.0323. The van der Waals surface area contributed by atoms with Crippen LogP contribution in [0, 0.1) is 12.6 Å². The first-order valence-electron chi connectivity index (χ1n) is 11.3. The standard InChI is InChI=1S/C23H14N3.C8H9NO.Ir/c1-24-20-14-8-13-19(15-20)21-16-25-22(17-9-4-2-5-10-17)23(26-21)18-11-6-3-7-12-18;1-9-6-7-4-2-3-5-8(7)10;/h2-9,11-16H;2-6,10H,1H3;/q-1;;. The molecule has 5 aromatic rings. The van der Waals surface area contributed by atoms with Gasteiger partial charge in [0.2, 0.25) is 0 Å². The molecule has 0 atom stereocenters. The molecule has 0 amide bonds. The van der Waals surface area contributed by atoms with Crippen LogP contribution in [0.1, 0.15) is 5.56 Å². The maximum absolute atomic E-state index is 9.15. The van der Waals surface area contributed by atoms with Gasteiger partial charge in [0.25, 0.3) is 0 Å². The van der Waals surface area contributed by atoms with Gasteiger partial charge in [0.1, 0.15) is 5.75 Å². The second-order valence-electron chi connectivity index (χ2n) is 7.70. The number of aliphatic imine (C=N–C) groups is 1. The summed E-state index contributed by atoms with van der Waals surface area (Å²) in [6, 6.07) is 35.5. The minimum atomic E-state index is 0. The van der Waals surface area contributed by atoms with Gasteiger partial charge in [-0.2, -0.15) is 0 Å². The maximum atomic E-state index is 9.15. The molecule has 0 unspecified atom stereocenters. The Morgan fingerprint density at radius 1 is 0.865 bits per heavy atom. The Kier molecular flexibility index (Phi) is 9.99. The van der Waals surface area contributed by atoms with E-state index in [0.717, 1.165) is 39.3 Å². The Morgan fingerprint density at radius 2 is 1.59 bits per heavy atom. The summed E-state index contributed by atoms with van der Waals surface area (Å²) in [6.45, 7) is 7.21. The van der Waals surface area contributed by atoms with Crippen LogP contribution in [-0.4, -0.2) is 28.3 Å². The first-order chi connectivity index (χ1) is 17.7. The molecular weight excluding hydrogens is 637 g/mol. The Hall–Kier alpha value is -4.43. The van der Waals surface area contributed by atoms with Gasteiger partial charge in [0, 0.05) is 50.8 Å². The summed E-state index contributed by atoms with van der Waals surface area (Å²) in [5, 5.41) is 9.15. The van der Waals surface area contributed by atoms with Gasteiger partial charge in [-0.3, -0.25) is 9.98 Å². The van der Waals surface area contributed by atoms with Crippen molar-refractivity contribution in [3.8, 4) is 39.5 Å². The van der Waals surface area contributed by atoms with Crippen molar-refractivity contribution in [2.45, 2.75) is 0 Å². The van der Waals surface area contributed by atoms with Crippen molar-refractivity contribution in [3.63, 3.8) is 0 Å². The van der Waals surface area contributed by atoms with Crippen LogP contribution in [-0.2, 0) is 20.1 Å². The number of nitrogens with zero attached hydrogens (tertiary/aromatic N) is 4. The van der Waals surface area contributed by atoms with Gasteiger partial charge in [-0.05, 0) is 29.3 Å². The third kappa shape index (κ3) is 7.05. The molecule has 0 aliphatic heterocycles. The summed E-state index contributed by atoms with van der Waals surface area (Å²) < 4.78 is 0. The summed E-state index contributed by atoms with van der Waals surface area (Å²) in [4.78, 5) is 16.8. The van der Waals surface area contributed by atoms with E-state index in [1.807, 2.05) is 84.9 Å². The summed E-state index contributed by atoms with van der Waals surface area (Å²) >= 11 is 0. The number of hydrogen-bond donors (Lipinski definition) is 1. The number of benzene rings is 4. The Labute approximate surface area is 230 Å². The van der Waals surface area contributed by atoms with E-state index in [1.165, 1.54) is 0 Å². The summed E-state index contributed by atoms with van der Waals surface area (Å²) in [6.07, 6.45) is 3.38. The predicted octanol–water partition coefficient (Wildman–Crippen LogP) is 7.27. The average Bonchev–Trinajstić information content (AvgIpc) is 2.95. The third-order valence-corrected chi connectivity index (χ3v) is 5.26. The smallest absolute Gasteiger partial charge is 0.187 e. The average molecular weight is 660 g/mol. The molecule has 0 aliphatic carbocycles. The van der Waals surface area contributed by atoms with E-state index in [9.17, 15) is 0 Å². The molecule has 4 aromatic carbocycles. The van der Waals surface area contributed by atoms with Crippen molar-refractivity contribution in [1.82, 2.24) is 9.97 Å². The second kappa shape index (κ2) is 13.6. The number of phenolic OH excluding ortho intramolecular Hbond substituents is 1. The molecule has 0 fully saturated rings. The summed E-state index contributed by atoms with van der Waals surface area (Å²) in [5.41, 5.74) is 6.47. The molecule has 0 saturated carbocycles. The van der Waals surface area contributed by atoms with Crippen LogP contribution in [0.4, 0.5) is 5.69 Å². The van der Waals surface area contributed by atoms with Crippen LogP contribution < -0.4 is 0 Å². The number of para-hydroxylation sites is 1. The van der Waals surface area contributed by atoms with Crippen LogP contribution in [0.25, 0.3) is 38.6 Å². The summed E-state index contributed by atoms with van der Waals surface area (Å²) in [7, 11) is 1.67. The molecule has 0 saturated heterocycles. The Morgan fingerprint density at radius 3 is 2.30 bits per heavy atom. The van der Waals surface area contributed by atoms with Crippen LogP contribution in [0.2, 0.25) is 0 Å². The molecule has 1 aromatic heterocycles. The zero-order valence-electron chi connectivity index (χ0n) is 20.0. The van der Waals surface area contributed by atoms with Crippen molar-refractivity contribution < 1.29 is 25.2 Å². The molecule has 6 heteroatoms. The van der Waals surface area contributed by atoms with Crippen molar-refractivity contribution in [1.29, 1.82) is 0 Å². The molecule has 0 spiro atoms. The number of aromatic hydroxyl groups is 1. The SMILES string of the molecule is CN=Cc1ccccc1O.[C-]#[N+]c1cccc(-c2cnc(-c3[c-]cccc3)c(-c3ccccc3)n2)c1.[Ir]. The van der Waals surface area contributed by atoms with Crippen LogP contribution in [0.15, 0.2) is 114 Å². The second-order valence-corrected chi connectivity index (χ2v) is 7.70. The van der Waals surface area contributed by atoms with Gasteiger partial charge in [-0.15, -0.1) is 35.9 Å². The van der Waals surface area contributed by atoms with Crippen molar-refractivity contribution in [2.75, 3.05) is 7.05 Å². The first kappa shape index (κ1) is 27.2. The normalized spacial score (nSPS) is 10.1. The molecule has 1 heterocycles. The topological polar surface area (TPSA) is 62.7 Å². The van der Waals surface area contributed by atoms with Gasteiger partial charge in [-0.1, -0.05) is 60.7 Å². The van der Waals surface area contributed by atoms with Crippen LogP contribution in [0.5, 0.6) is 5.75 Å². The minimum Gasteiger partial charge on any atom is -0.507 e. The van der Waals surface area contributed by atoms with E-state index >= 15 is 0 Å². The van der Waals surface area contributed by atoms with E-state index in [1.54, 1.807) is 37.7 Å². The molecule has 1 radical (unpaired) electrons. The Balaban J connectivity index is 0.000000293. The van der Waals surface area contributed by atoms with E-state index in [4.69, 9.17) is 16.7 Å². The van der Waals surface area contributed by atoms with E-state index in [2.05, 4.69) is 20.9 Å². The maximum Gasteiger partial charge on any atom is 0.187 e. The number of phenols is 1. The van der Waals surface area contributed by atoms with Crippen molar-refractivity contribution in [2.24, 2.45) is 4.99 Å². The first-order valence-corrected chi connectivity index (χ1v) is 11.3. The largest absolute Gasteiger partial charge is 0.507 e. The molecule has 1 N–H and O–H groups in total. The number of rotatable bonds is 4. The fourth-order valence-corrected chi connectivity index (χ4v) is 3.53. The summed E-state index contributed by atoms with van der Waals surface area (Å²) in [5.74, 6) is 0.271. The molecule has 0 aliphatic rings. The van der Waals surface area contributed by atoms with Gasteiger partial charge >= 0.3 is 0 Å². The zero-order chi connectivity index (χ0) is 25.2. The molecule has 183 valence electrons. The van der Waals surface area contributed by atoms with Gasteiger partial charge < -0.3 is 10.1 Å². The van der Waals surface area contributed by atoms with Crippen LogP contribution >= 0.6 is 0 Å². The minimum absolute atomic E-state index is 0. The van der Waals surface area contributed by atoms with Gasteiger partial charge in [-0.25, -0.2) is 4.85 Å². The van der Waals surface area contributed by atoms with Crippen molar-refractivity contribution in [3.05, 3.63) is 132 Å². The molecular formula is C31H23IrN4O-. The Bertz CT molecular complexity index is 1510.